The maximum Gasteiger partial charge on any atom is 1.00 e. The van der Waals surface area contributed by atoms with Gasteiger partial charge in [0.1, 0.15) is 0 Å². The van der Waals surface area contributed by atoms with E-state index in [1.165, 1.54) is 48.9 Å². The minimum absolute atomic E-state index is 0. The molecule has 3 heterocycles. The van der Waals surface area contributed by atoms with Crippen LogP contribution in [-0.2, 0) is 14.2 Å². The summed E-state index contributed by atoms with van der Waals surface area (Å²) < 4.78 is 14.8. The summed E-state index contributed by atoms with van der Waals surface area (Å²) in [6.45, 7) is 13.0. The van der Waals surface area contributed by atoms with Crippen LogP contribution < -0.4 is 29.2 Å². The van der Waals surface area contributed by atoms with E-state index in [1.54, 1.807) is 0 Å². The quantitative estimate of drug-likeness (QED) is 0.642. The Hall–Kier alpha value is -0.866. The zero-order valence-corrected chi connectivity index (χ0v) is 22.5. The number of hydrogen-bond acceptors (Lipinski definition) is 3. The van der Waals surface area contributed by atoms with Crippen molar-refractivity contribution in [2.45, 2.75) is 64.3 Å². The fraction of sp³-hybridized carbons (Fsp3) is 0.571. The maximum absolute atomic E-state index is 4.94. The summed E-state index contributed by atoms with van der Waals surface area (Å²) >= 11 is 0. The first-order valence-corrected chi connectivity index (χ1v) is 13.8. The molecule has 3 aliphatic rings. The Kier molecular flexibility index (Phi) is 16.9. The third kappa shape index (κ3) is 13.6. The molecule has 3 nitrogen and oxygen atoms in total. The number of hydrogen-bond donors (Lipinski definition) is 0. The Morgan fingerprint density at radius 1 is 0.515 bits per heavy atom. The van der Waals surface area contributed by atoms with Crippen LogP contribution in [0.3, 0.4) is 0 Å². The molecule has 0 spiro atoms. The Morgan fingerprint density at radius 2 is 0.788 bits per heavy atom. The van der Waals surface area contributed by atoms with E-state index in [9.17, 15) is 0 Å². The van der Waals surface area contributed by atoms with Gasteiger partial charge in [-0.05, 0) is 38.5 Å². The van der Waals surface area contributed by atoms with E-state index < -0.39 is 8.80 Å². The molecule has 0 unspecified atom stereocenters. The van der Waals surface area contributed by atoms with Gasteiger partial charge >= 0.3 is 18.9 Å². The number of rotatable bonds is 2. The summed E-state index contributed by atoms with van der Waals surface area (Å²) in [5.74, 6) is 0. The number of ether oxygens (including phenoxy) is 3. The van der Waals surface area contributed by atoms with Gasteiger partial charge in [-0.3, -0.25) is 0 Å². The molecule has 0 atom stereocenters. The van der Waals surface area contributed by atoms with E-state index in [0.29, 0.717) is 5.04 Å². The van der Waals surface area contributed by atoms with Crippen molar-refractivity contribution in [2.24, 2.45) is 0 Å². The molecular weight excluding hydrogens is 419 g/mol. The summed E-state index contributed by atoms with van der Waals surface area (Å²) in [7, 11) is -0.715. The van der Waals surface area contributed by atoms with Crippen LogP contribution in [0.4, 0.5) is 0 Å². The van der Waals surface area contributed by atoms with Crippen LogP contribution in [0.25, 0.3) is 0 Å². The molecule has 0 radical (unpaired) electrons. The van der Waals surface area contributed by atoms with Crippen molar-refractivity contribution < 1.29 is 33.1 Å². The summed E-state index contributed by atoms with van der Waals surface area (Å²) in [6, 6.07) is 21.9. The molecule has 0 N–H and O–H groups in total. The maximum atomic E-state index is 4.94. The van der Waals surface area contributed by atoms with Gasteiger partial charge < -0.3 is 14.2 Å². The second-order valence-corrected chi connectivity index (χ2v) is 12.7. The molecule has 0 bridgehead atoms. The summed E-state index contributed by atoms with van der Waals surface area (Å²) in [5.41, 5.74) is 0. The van der Waals surface area contributed by atoms with E-state index in [4.69, 9.17) is 14.2 Å². The molecule has 33 heavy (non-hydrogen) atoms. The zero-order valence-electron chi connectivity index (χ0n) is 21.5. The van der Waals surface area contributed by atoms with Crippen molar-refractivity contribution >= 4 is 19.2 Å². The molecule has 2 aromatic rings. The second-order valence-electron chi connectivity index (χ2n) is 9.32. The average Bonchev–Trinajstić information content (AvgIpc) is 3.62. The molecular formula is C28H43LiO3Si. The molecule has 0 aromatic heterocycles. The van der Waals surface area contributed by atoms with Gasteiger partial charge in [0.15, 0.2) is 0 Å². The minimum atomic E-state index is -0.715. The van der Waals surface area contributed by atoms with Gasteiger partial charge in [0, 0.05) is 39.6 Å². The molecule has 0 amide bonds. The van der Waals surface area contributed by atoms with Crippen LogP contribution in [0.1, 0.15) is 59.3 Å². The zero-order chi connectivity index (χ0) is 22.9. The monoisotopic (exact) mass is 462 g/mol. The van der Waals surface area contributed by atoms with Crippen molar-refractivity contribution in [1.29, 1.82) is 0 Å². The van der Waals surface area contributed by atoms with E-state index in [-0.39, 0.29) is 18.9 Å². The Morgan fingerprint density at radius 3 is 0.970 bits per heavy atom. The van der Waals surface area contributed by atoms with Gasteiger partial charge in [-0.2, -0.15) is 10.4 Å². The molecule has 3 fully saturated rings. The molecule has 0 aliphatic carbocycles. The first-order valence-electron chi connectivity index (χ1n) is 12.3. The van der Waals surface area contributed by atoms with Crippen LogP contribution >= 0.6 is 0 Å². The van der Waals surface area contributed by atoms with E-state index in [2.05, 4.69) is 81.4 Å². The molecule has 0 saturated carbocycles. The molecule has 178 valence electrons. The minimum Gasteiger partial charge on any atom is -0.381 e. The molecule has 3 aliphatic heterocycles. The van der Waals surface area contributed by atoms with Crippen molar-refractivity contribution in [3.63, 3.8) is 0 Å². The van der Waals surface area contributed by atoms with E-state index >= 15 is 0 Å². The Labute approximate surface area is 216 Å². The van der Waals surface area contributed by atoms with Gasteiger partial charge in [0.2, 0.25) is 0 Å². The summed E-state index contributed by atoms with van der Waals surface area (Å²) in [6.07, 6.45) is 7.67. The summed E-state index contributed by atoms with van der Waals surface area (Å²) in [4.78, 5) is 0. The van der Waals surface area contributed by atoms with Crippen molar-refractivity contribution in [1.82, 2.24) is 0 Å². The normalized spacial score (nSPS) is 16.7. The molecule has 5 rings (SSSR count). The van der Waals surface area contributed by atoms with Crippen LogP contribution in [0.15, 0.2) is 60.7 Å². The van der Waals surface area contributed by atoms with Crippen LogP contribution in [0.2, 0.25) is 5.04 Å². The van der Waals surface area contributed by atoms with Gasteiger partial charge in [0.25, 0.3) is 0 Å². The van der Waals surface area contributed by atoms with Crippen LogP contribution in [0.5, 0.6) is 0 Å². The Bertz CT molecular complexity index is 593. The topological polar surface area (TPSA) is 27.7 Å². The standard InChI is InChI=1S/C16H19Si.3C4H8O.Li/c1-16(2,3)17(14-10-6-4-7-11-14)15-12-8-5-9-13-15;3*1-2-4-5-3-1;/h4-13H,1-3H3;3*1-4H2;/q-1;;;;+1. The van der Waals surface area contributed by atoms with E-state index in [0.717, 1.165) is 39.6 Å². The molecule has 3 saturated heterocycles. The van der Waals surface area contributed by atoms with E-state index in [1.807, 2.05) is 0 Å². The summed E-state index contributed by atoms with van der Waals surface area (Å²) in [5, 5.41) is 3.32. The van der Waals surface area contributed by atoms with Crippen molar-refractivity contribution in [3.05, 3.63) is 60.7 Å². The SMILES string of the molecule is C1CCOC1.C1CCOC1.C1CCOC1.CC(C)(C)[Si-](c1ccccc1)c1ccccc1.[Li+]. The first-order chi connectivity index (χ1) is 15.6. The predicted octanol–water partition coefficient (Wildman–Crippen LogP) is 2.49. The smallest absolute Gasteiger partial charge is 0.381 e. The second kappa shape index (κ2) is 18.5. The fourth-order valence-corrected chi connectivity index (χ4v) is 6.89. The third-order valence-electron chi connectivity index (χ3n) is 5.36. The first kappa shape index (κ1) is 30.2. The van der Waals surface area contributed by atoms with Gasteiger partial charge in [0.05, 0.1) is 0 Å². The largest absolute Gasteiger partial charge is 1.00 e. The molecule has 2 aromatic carbocycles. The third-order valence-corrected chi connectivity index (χ3v) is 8.68. The predicted molar refractivity (Wildman–Crippen MR) is 138 cm³/mol. The van der Waals surface area contributed by atoms with Crippen molar-refractivity contribution in [3.8, 4) is 0 Å². The van der Waals surface area contributed by atoms with Gasteiger partial charge in [-0.25, -0.2) is 8.80 Å². The Balaban J connectivity index is 0.000000274. The van der Waals surface area contributed by atoms with Crippen molar-refractivity contribution in [2.75, 3.05) is 39.6 Å². The average molecular weight is 463 g/mol. The van der Waals surface area contributed by atoms with Crippen LogP contribution in [-0.4, -0.2) is 48.4 Å². The number of benzene rings is 2. The van der Waals surface area contributed by atoms with Crippen LogP contribution in [0, 0.1) is 0 Å². The molecule has 5 heteroatoms. The fourth-order valence-electron chi connectivity index (χ4n) is 3.77. The van der Waals surface area contributed by atoms with Gasteiger partial charge in [-0.15, -0.1) is 5.04 Å². The van der Waals surface area contributed by atoms with Gasteiger partial charge in [-0.1, -0.05) is 81.4 Å².